The maximum Gasteiger partial charge on any atom is 0.0595 e. The van der Waals surface area contributed by atoms with Gasteiger partial charge in [0.05, 0.1) is 10.0 Å². The highest BCUT2D eigenvalue weighted by atomic mass is 35.5. The summed E-state index contributed by atoms with van der Waals surface area (Å²) in [7, 11) is 0. The predicted octanol–water partition coefficient (Wildman–Crippen LogP) is 3.09. The maximum atomic E-state index is 8.90. The molecule has 0 aromatic heterocycles. The zero-order valence-corrected chi connectivity index (χ0v) is 8.52. The molecule has 0 spiro atoms. The number of benzene rings is 1. The fraction of sp³-hybridized carbons (Fsp3) is 0.400. The highest BCUT2D eigenvalue weighted by molar-refractivity contribution is 6.42. The number of rotatable bonds is 2. The van der Waals surface area contributed by atoms with Crippen molar-refractivity contribution in [2.24, 2.45) is 5.92 Å². The van der Waals surface area contributed by atoms with E-state index in [4.69, 9.17) is 28.3 Å². The Morgan fingerprint density at radius 3 is 2.62 bits per heavy atom. The van der Waals surface area contributed by atoms with E-state index in [1.165, 1.54) is 5.56 Å². The second-order valence-electron chi connectivity index (χ2n) is 3.46. The van der Waals surface area contributed by atoms with Crippen molar-refractivity contribution < 1.29 is 5.11 Å². The van der Waals surface area contributed by atoms with Gasteiger partial charge in [-0.3, -0.25) is 0 Å². The van der Waals surface area contributed by atoms with Gasteiger partial charge in [-0.15, -0.1) is 0 Å². The Morgan fingerprint density at radius 1 is 1.31 bits per heavy atom. The van der Waals surface area contributed by atoms with Gasteiger partial charge in [-0.1, -0.05) is 29.3 Å². The van der Waals surface area contributed by atoms with Crippen molar-refractivity contribution in [1.82, 2.24) is 0 Å². The molecule has 1 unspecified atom stereocenters. The van der Waals surface area contributed by atoms with E-state index in [-0.39, 0.29) is 6.61 Å². The van der Waals surface area contributed by atoms with E-state index in [2.05, 4.69) is 0 Å². The Hall–Kier alpha value is -0.240. The number of hydrogen-bond acceptors (Lipinski definition) is 1. The fourth-order valence-corrected chi connectivity index (χ4v) is 1.91. The van der Waals surface area contributed by atoms with Gasteiger partial charge in [0.25, 0.3) is 0 Å². The summed E-state index contributed by atoms with van der Waals surface area (Å²) in [6.07, 6.45) is 1.06. The summed E-state index contributed by atoms with van der Waals surface area (Å²) in [5.41, 5.74) is 1.19. The quantitative estimate of drug-likeness (QED) is 0.806. The van der Waals surface area contributed by atoms with E-state index in [1.807, 2.05) is 18.2 Å². The summed E-state index contributed by atoms with van der Waals surface area (Å²) >= 11 is 11.7. The molecule has 1 saturated carbocycles. The van der Waals surface area contributed by atoms with E-state index >= 15 is 0 Å². The molecule has 0 bridgehead atoms. The van der Waals surface area contributed by atoms with Crippen molar-refractivity contribution >= 4 is 23.2 Å². The van der Waals surface area contributed by atoms with Crippen LogP contribution < -0.4 is 0 Å². The lowest BCUT2D eigenvalue weighted by Crippen LogP contribution is -1.88. The Labute approximate surface area is 87.3 Å². The van der Waals surface area contributed by atoms with Gasteiger partial charge in [0.2, 0.25) is 0 Å². The van der Waals surface area contributed by atoms with E-state index in [0.29, 0.717) is 21.9 Å². The summed E-state index contributed by atoms with van der Waals surface area (Å²) in [5.74, 6) is 0.914. The van der Waals surface area contributed by atoms with Crippen LogP contribution in [0.4, 0.5) is 0 Å². The third-order valence-electron chi connectivity index (χ3n) is 2.53. The van der Waals surface area contributed by atoms with Crippen LogP contribution in [0, 0.1) is 5.92 Å². The molecule has 3 heteroatoms. The number of halogens is 2. The first-order valence-corrected chi connectivity index (χ1v) is 5.03. The monoisotopic (exact) mass is 216 g/mol. The van der Waals surface area contributed by atoms with Gasteiger partial charge in [0.1, 0.15) is 0 Å². The van der Waals surface area contributed by atoms with Crippen LogP contribution >= 0.6 is 23.2 Å². The van der Waals surface area contributed by atoms with Crippen LogP contribution in [0.3, 0.4) is 0 Å². The van der Waals surface area contributed by atoms with Gasteiger partial charge < -0.3 is 5.11 Å². The molecule has 0 radical (unpaired) electrons. The van der Waals surface area contributed by atoms with Gasteiger partial charge in [0, 0.05) is 6.61 Å². The summed E-state index contributed by atoms with van der Waals surface area (Å²) < 4.78 is 0. The van der Waals surface area contributed by atoms with Crippen LogP contribution in [0.5, 0.6) is 0 Å². The van der Waals surface area contributed by atoms with Gasteiger partial charge in [-0.05, 0) is 36.0 Å². The third-order valence-corrected chi connectivity index (χ3v) is 3.27. The molecule has 1 fully saturated rings. The van der Waals surface area contributed by atoms with Crippen LogP contribution in [-0.4, -0.2) is 11.7 Å². The second-order valence-corrected chi connectivity index (χ2v) is 4.27. The molecular formula is C10H10Cl2O. The average molecular weight is 217 g/mol. The number of hydrogen-bond donors (Lipinski definition) is 1. The van der Waals surface area contributed by atoms with Crippen molar-refractivity contribution in [2.45, 2.75) is 12.3 Å². The first-order chi connectivity index (χ1) is 6.22. The normalized spacial score (nSPS) is 26.1. The van der Waals surface area contributed by atoms with Gasteiger partial charge in [-0.2, -0.15) is 0 Å². The Kier molecular flexibility index (Phi) is 2.50. The van der Waals surface area contributed by atoms with Crippen molar-refractivity contribution in [1.29, 1.82) is 0 Å². The molecule has 1 aliphatic carbocycles. The maximum absolute atomic E-state index is 8.90. The first kappa shape index (κ1) is 9.32. The van der Waals surface area contributed by atoms with E-state index < -0.39 is 0 Å². The molecule has 1 aromatic carbocycles. The minimum Gasteiger partial charge on any atom is -0.396 e. The van der Waals surface area contributed by atoms with Gasteiger partial charge in [-0.25, -0.2) is 0 Å². The smallest absolute Gasteiger partial charge is 0.0595 e. The van der Waals surface area contributed by atoms with Crippen molar-refractivity contribution in [3.05, 3.63) is 33.8 Å². The van der Waals surface area contributed by atoms with Crippen LogP contribution in [-0.2, 0) is 0 Å². The Morgan fingerprint density at radius 2 is 2.08 bits per heavy atom. The minimum atomic E-state index is 0.269. The molecule has 2 rings (SSSR count). The zero-order valence-electron chi connectivity index (χ0n) is 7.00. The zero-order chi connectivity index (χ0) is 9.42. The summed E-state index contributed by atoms with van der Waals surface area (Å²) in [6.45, 7) is 0.269. The molecule has 0 heterocycles. The number of aliphatic hydroxyl groups is 1. The fourth-order valence-electron chi connectivity index (χ4n) is 1.60. The van der Waals surface area contributed by atoms with Gasteiger partial charge in [0.15, 0.2) is 0 Å². The van der Waals surface area contributed by atoms with E-state index in [0.717, 1.165) is 6.42 Å². The molecule has 0 amide bonds. The van der Waals surface area contributed by atoms with E-state index in [1.54, 1.807) is 0 Å². The minimum absolute atomic E-state index is 0.269. The Bertz CT molecular complexity index is 325. The molecule has 0 saturated heterocycles. The Balaban J connectivity index is 2.19. The van der Waals surface area contributed by atoms with Crippen molar-refractivity contribution in [3.8, 4) is 0 Å². The molecule has 2 atom stereocenters. The molecule has 1 aliphatic rings. The molecule has 0 aliphatic heterocycles. The van der Waals surface area contributed by atoms with Gasteiger partial charge >= 0.3 is 0 Å². The lowest BCUT2D eigenvalue weighted by atomic mass is 10.1. The third kappa shape index (κ3) is 1.83. The topological polar surface area (TPSA) is 20.2 Å². The lowest BCUT2D eigenvalue weighted by Gasteiger charge is -2.01. The molecule has 13 heavy (non-hydrogen) atoms. The molecular weight excluding hydrogens is 207 g/mol. The number of aliphatic hydroxyl groups excluding tert-OH is 1. The van der Waals surface area contributed by atoms with Crippen LogP contribution in [0.2, 0.25) is 10.0 Å². The highest BCUT2D eigenvalue weighted by Gasteiger charge is 2.37. The molecule has 1 nitrogen and oxygen atoms in total. The average Bonchev–Trinajstić information content (AvgIpc) is 2.88. The van der Waals surface area contributed by atoms with Crippen LogP contribution in [0.25, 0.3) is 0 Å². The summed E-state index contributed by atoms with van der Waals surface area (Å²) in [6, 6.07) is 5.69. The van der Waals surface area contributed by atoms with Crippen LogP contribution in [0.15, 0.2) is 18.2 Å². The second kappa shape index (κ2) is 3.49. The summed E-state index contributed by atoms with van der Waals surface area (Å²) in [4.78, 5) is 0. The predicted molar refractivity (Wildman–Crippen MR) is 54.4 cm³/mol. The summed E-state index contributed by atoms with van der Waals surface area (Å²) in [5, 5.41) is 10.1. The first-order valence-electron chi connectivity index (χ1n) is 4.28. The molecule has 1 N–H and O–H groups in total. The molecule has 1 aromatic rings. The van der Waals surface area contributed by atoms with Crippen molar-refractivity contribution in [2.75, 3.05) is 6.61 Å². The van der Waals surface area contributed by atoms with Crippen LogP contribution in [0.1, 0.15) is 17.9 Å². The highest BCUT2D eigenvalue weighted by Crippen LogP contribution is 2.47. The SMILES string of the molecule is OCC1C[C@H]1c1ccc(Cl)c(Cl)c1. The lowest BCUT2D eigenvalue weighted by molar-refractivity contribution is 0.274. The standard InChI is InChI=1S/C10H10Cl2O/c11-9-2-1-6(4-10(9)12)8-3-7(8)5-13/h1-2,4,7-8,13H,3,5H2/t7?,8-/m0/s1. The van der Waals surface area contributed by atoms with E-state index in [9.17, 15) is 0 Å². The van der Waals surface area contributed by atoms with Crippen molar-refractivity contribution in [3.63, 3.8) is 0 Å². The largest absolute Gasteiger partial charge is 0.396 e. The molecule has 70 valence electrons.